The molecule has 0 saturated carbocycles. The molecular formula is C16H21N3O2. The molecule has 0 spiro atoms. The molecule has 21 heavy (non-hydrogen) atoms. The van der Waals surface area contributed by atoms with Gasteiger partial charge >= 0.3 is 0 Å². The molecule has 112 valence electrons. The van der Waals surface area contributed by atoms with E-state index in [1.807, 2.05) is 7.05 Å². The fourth-order valence-corrected chi connectivity index (χ4v) is 2.22. The molecule has 0 bridgehead atoms. The Morgan fingerprint density at radius 2 is 1.86 bits per heavy atom. The van der Waals surface area contributed by atoms with Crippen molar-refractivity contribution in [2.45, 2.75) is 19.4 Å². The van der Waals surface area contributed by atoms with Crippen LogP contribution in [-0.2, 0) is 6.42 Å². The summed E-state index contributed by atoms with van der Waals surface area (Å²) in [4.78, 5) is 8.73. The van der Waals surface area contributed by atoms with E-state index >= 15 is 0 Å². The highest BCUT2D eigenvalue weighted by Crippen LogP contribution is 2.28. The van der Waals surface area contributed by atoms with Gasteiger partial charge in [-0.15, -0.1) is 0 Å². The highest BCUT2D eigenvalue weighted by Gasteiger charge is 2.20. The van der Waals surface area contributed by atoms with Gasteiger partial charge in [0, 0.05) is 0 Å². The number of nitrogens with zero attached hydrogens (tertiary/aromatic N) is 2. The minimum atomic E-state index is -0.0794. The lowest BCUT2D eigenvalue weighted by Crippen LogP contribution is -2.20. The Balaban J connectivity index is 2.40. The number of aryl methyl sites for hydroxylation is 1. The fraction of sp³-hybridized carbons (Fsp3) is 0.375. The maximum atomic E-state index is 5.34. The summed E-state index contributed by atoms with van der Waals surface area (Å²) in [6, 6.07) is 8.38. The summed E-state index contributed by atoms with van der Waals surface area (Å²) in [5.41, 5.74) is 3.17. The van der Waals surface area contributed by atoms with Gasteiger partial charge in [-0.25, -0.2) is 4.98 Å². The van der Waals surface area contributed by atoms with Crippen LogP contribution in [0.15, 0.2) is 30.5 Å². The summed E-state index contributed by atoms with van der Waals surface area (Å²) < 4.78 is 10.4. The zero-order valence-electron chi connectivity index (χ0n) is 12.9. The molecule has 0 aliphatic carbocycles. The second-order valence-electron chi connectivity index (χ2n) is 4.62. The molecule has 1 aromatic heterocycles. The lowest BCUT2D eigenvalue weighted by atomic mass is 10.0. The van der Waals surface area contributed by atoms with Crippen molar-refractivity contribution < 1.29 is 9.47 Å². The van der Waals surface area contributed by atoms with Crippen LogP contribution in [-0.4, -0.2) is 31.2 Å². The number of hydrogen-bond donors (Lipinski definition) is 1. The molecule has 2 rings (SSSR count). The van der Waals surface area contributed by atoms with Gasteiger partial charge < -0.3 is 14.8 Å². The number of rotatable bonds is 6. The molecule has 0 aliphatic heterocycles. The Morgan fingerprint density at radius 1 is 1.14 bits per heavy atom. The average molecular weight is 287 g/mol. The summed E-state index contributed by atoms with van der Waals surface area (Å²) in [6.07, 6.45) is 2.62. The minimum Gasteiger partial charge on any atom is -0.480 e. The molecule has 1 aromatic carbocycles. The quantitative estimate of drug-likeness (QED) is 0.884. The Hall–Kier alpha value is -2.14. The van der Waals surface area contributed by atoms with E-state index in [1.54, 1.807) is 20.4 Å². The monoisotopic (exact) mass is 287 g/mol. The van der Waals surface area contributed by atoms with Crippen molar-refractivity contribution in [3.05, 3.63) is 47.3 Å². The normalized spacial score (nSPS) is 12.0. The summed E-state index contributed by atoms with van der Waals surface area (Å²) in [7, 11) is 5.03. The first-order valence-electron chi connectivity index (χ1n) is 6.94. The Labute approximate surface area is 125 Å². The molecule has 0 saturated heterocycles. The summed E-state index contributed by atoms with van der Waals surface area (Å²) >= 11 is 0. The van der Waals surface area contributed by atoms with E-state index < -0.39 is 0 Å². The lowest BCUT2D eigenvalue weighted by molar-refractivity contribution is 0.353. The molecule has 5 nitrogen and oxygen atoms in total. The summed E-state index contributed by atoms with van der Waals surface area (Å²) in [5.74, 6) is 0.903. The molecule has 5 heteroatoms. The van der Waals surface area contributed by atoms with E-state index in [0.29, 0.717) is 11.8 Å². The Kier molecular flexibility index (Phi) is 5.11. The number of hydrogen-bond acceptors (Lipinski definition) is 5. The maximum Gasteiger partial charge on any atom is 0.240 e. The van der Waals surface area contributed by atoms with Crippen LogP contribution in [0.3, 0.4) is 0 Å². The van der Waals surface area contributed by atoms with Gasteiger partial charge in [-0.05, 0) is 24.6 Å². The van der Waals surface area contributed by atoms with E-state index in [4.69, 9.17) is 9.47 Å². The highest BCUT2D eigenvalue weighted by atomic mass is 16.5. The molecule has 2 aromatic rings. The smallest absolute Gasteiger partial charge is 0.240 e. The molecule has 1 heterocycles. The number of methoxy groups -OCH3 is 2. The largest absolute Gasteiger partial charge is 0.480 e. The minimum absolute atomic E-state index is 0.0794. The van der Waals surface area contributed by atoms with Crippen LogP contribution in [0.1, 0.15) is 29.8 Å². The topological polar surface area (TPSA) is 56.3 Å². The third-order valence-electron chi connectivity index (χ3n) is 3.43. The average Bonchev–Trinajstić information content (AvgIpc) is 2.56. The third-order valence-corrected chi connectivity index (χ3v) is 3.43. The van der Waals surface area contributed by atoms with E-state index in [-0.39, 0.29) is 6.04 Å². The van der Waals surface area contributed by atoms with E-state index in [0.717, 1.165) is 17.7 Å². The molecule has 0 fully saturated rings. The SMILES string of the molecule is CCc1ccc(C(NC)c2ncc(OC)nc2OC)cc1. The first-order valence-corrected chi connectivity index (χ1v) is 6.94. The van der Waals surface area contributed by atoms with Crippen molar-refractivity contribution in [2.24, 2.45) is 0 Å². The van der Waals surface area contributed by atoms with E-state index in [1.165, 1.54) is 5.56 Å². The van der Waals surface area contributed by atoms with Crippen molar-refractivity contribution in [2.75, 3.05) is 21.3 Å². The molecule has 0 aliphatic rings. The number of nitrogens with one attached hydrogen (secondary N) is 1. The first-order chi connectivity index (χ1) is 10.2. The Morgan fingerprint density at radius 3 is 2.38 bits per heavy atom. The van der Waals surface area contributed by atoms with Crippen LogP contribution in [0.5, 0.6) is 11.8 Å². The lowest BCUT2D eigenvalue weighted by Gasteiger charge is -2.18. The van der Waals surface area contributed by atoms with Gasteiger partial charge in [0.1, 0.15) is 5.69 Å². The predicted octanol–water partition coefficient (Wildman–Crippen LogP) is 2.37. The first kappa shape index (κ1) is 15.3. The third kappa shape index (κ3) is 3.31. The van der Waals surface area contributed by atoms with Gasteiger partial charge in [0.05, 0.1) is 26.5 Å². The molecular weight excluding hydrogens is 266 g/mol. The molecule has 1 unspecified atom stereocenters. The summed E-state index contributed by atoms with van der Waals surface area (Å²) in [5, 5.41) is 3.26. The van der Waals surface area contributed by atoms with Crippen molar-refractivity contribution in [1.29, 1.82) is 0 Å². The van der Waals surface area contributed by atoms with Crippen LogP contribution in [0, 0.1) is 0 Å². The van der Waals surface area contributed by atoms with Gasteiger partial charge in [-0.1, -0.05) is 31.2 Å². The predicted molar refractivity (Wildman–Crippen MR) is 81.9 cm³/mol. The number of aromatic nitrogens is 2. The van der Waals surface area contributed by atoms with Crippen LogP contribution in [0.2, 0.25) is 0 Å². The maximum absolute atomic E-state index is 5.34. The standard InChI is InChI=1S/C16H21N3O2/c1-5-11-6-8-12(9-7-11)14(17-2)15-16(21-4)19-13(20-3)10-18-15/h6-10,14,17H,5H2,1-4H3. The van der Waals surface area contributed by atoms with Gasteiger partial charge in [0.2, 0.25) is 11.8 Å². The van der Waals surface area contributed by atoms with Crippen LogP contribution < -0.4 is 14.8 Å². The summed E-state index contributed by atoms with van der Waals surface area (Å²) in [6.45, 7) is 2.14. The number of benzene rings is 1. The van der Waals surface area contributed by atoms with Gasteiger partial charge in [0.15, 0.2) is 0 Å². The zero-order chi connectivity index (χ0) is 15.2. The van der Waals surface area contributed by atoms with E-state index in [9.17, 15) is 0 Å². The van der Waals surface area contributed by atoms with Crippen molar-refractivity contribution >= 4 is 0 Å². The molecule has 0 amide bonds. The van der Waals surface area contributed by atoms with Crippen LogP contribution in [0.25, 0.3) is 0 Å². The van der Waals surface area contributed by atoms with Gasteiger partial charge in [-0.3, -0.25) is 0 Å². The van der Waals surface area contributed by atoms with Crippen molar-refractivity contribution in [3.63, 3.8) is 0 Å². The van der Waals surface area contributed by atoms with Crippen molar-refractivity contribution in [3.8, 4) is 11.8 Å². The van der Waals surface area contributed by atoms with Crippen LogP contribution in [0.4, 0.5) is 0 Å². The number of ether oxygens (including phenoxy) is 2. The fourth-order valence-electron chi connectivity index (χ4n) is 2.22. The molecule has 1 atom stereocenters. The molecule has 0 radical (unpaired) electrons. The van der Waals surface area contributed by atoms with Gasteiger partial charge in [-0.2, -0.15) is 4.98 Å². The molecule has 1 N–H and O–H groups in total. The van der Waals surface area contributed by atoms with E-state index in [2.05, 4.69) is 46.5 Å². The highest BCUT2D eigenvalue weighted by molar-refractivity contribution is 5.35. The van der Waals surface area contributed by atoms with Crippen molar-refractivity contribution in [1.82, 2.24) is 15.3 Å². The van der Waals surface area contributed by atoms with Gasteiger partial charge in [0.25, 0.3) is 0 Å². The second kappa shape index (κ2) is 7.04. The Bertz CT molecular complexity index is 585. The van der Waals surface area contributed by atoms with Crippen LogP contribution >= 0.6 is 0 Å². The second-order valence-corrected chi connectivity index (χ2v) is 4.62. The zero-order valence-corrected chi connectivity index (χ0v) is 12.9.